The van der Waals surface area contributed by atoms with Crippen LogP contribution in [0, 0.1) is 0 Å². The van der Waals surface area contributed by atoms with Crippen LogP contribution in [0.3, 0.4) is 0 Å². The molecule has 1 N–H and O–H groups in total. The van der Waals surface area contributed by atoms with Crippen LogP contribution in [0.2, 0.25) is 0 Å². The summed E-state index contributed by atoms with van der Waals surface area (Å²) in [6.07, 6.45) is 6.71. The maximum absolute atomic E-state index is 13.0. The Morgan fingerprint density at radius 2 is 1.82 bits per heavy atom. The Morgan fingerprint density at radius 1 is 1.07 bits per heavy atom. The zero-order valence-electron chi connectivity index (χ0n) is 16.6. The van der Waals surface area contributed by atoms with E-state index in [4.69, 9.17) is 4.42 Å². The highest BCUT2D eigenvalue weighted by Crippen LogP contribution is 2.25. The molecule has 0 saturated carbocycles. The van der Waals surface area contributed by atoms with Crippen molar-refractivity contribution < 1.29 is 14.0 Å². The number of oxazole rings is 1. The predicted octanol–water partition coefficient (Wildman–Crippen LogP) is 3.82. The van der Waals surface area contributed by atoms with E-state index in [9.17, 15) is 9.59 Å². The molecule has 6 heteroatoms. The van der Waals surface area contributed by atoms with Crippen molar-refractivity contribution in [1.29, 1.82) is 0 Å². The lowest BCUT2D eigenvalue weighted by atomic mass is 10.1. The van der Waals surface area contributed by atoms with E-state index in [-0.39, 0.29) is 11.8 Å². The van der Waals surface area contributed by atoms with Crippen molar-refractivity contribution in [3.63, 3.8) is 0 Å². The molecule has 1 aromatic heterocycles. The van der Waals surface area contributed by atoms with Crippen molar-refractivity contribution in [2.45, 2.75) is 51.9 Å². The first-order valence-electron chi connectivity index (χ1n) is 10.2. The van der Waals surface area contributed by atoms with Crippen molar-refractivity contribution in [2.75, 3.05) is 19.6 Å². The fourth-order valence-corrected chi connectivity index (χ4v) is 3.49. The molecule has 1 aromatic carbocycles. The lowest BCUT2D eigenvalue weighted by Gasteiger charge is -2.26. The van der Waals surface area contributed by atoms with E-state index in [1.165, 1.54) is 13.3 Å². The molecule has 0 aliphatic carbocycles. The molecule has 2 amide bonds. The van der Waals surface area contributed by atoms with Gasteiger partial charge in [0, 0.05) is 38.5 Å². The molecule has 1 aliphatic rings. The van der Waals surface area contributed by atoms with Gasteiger partial charge < -0.3 is 14.6 Å². The van der Waals surface area contributed by atoms with E-state index in [1.54, 1.807) is 0 Å². The van der Waals surface area contributed by atoms with Crippen LogP contribution in [0.1, 0.15) is 61.7 Å². The number of carbonyl (C=O) groups excluding carboxylic acids is 2. The van der Waals surface area contributed by atoms with Gasteiger partial charge in [-0.2, -0.15) is 0 Å². The van der Waals surface area contributed by atoms with Crippen LogP contribution >= 0.6 is 0 Å². The summed E-state index contributed by atoms with van der Waals surface area (Å²) in [5, 5.41) is 2.81. The summed E-state index contributed by atoms with van der Waals surface area (Å²) in [6, 6.07) is 9.71. The summed E-state index contributed by atoms with van der Waals surface area (Å²) in [5.41, 5.74) is 1.34. The minimum absolute atomic E-state index is 0.00264. The number of likely N-dealkylation sites (tertiary alicyclic amines) is 1. The van der Waals surface area contributed by atoms with Crippen LogP contribution in [0.4, 0.5) is 0 Å². The quantitative estimate of drug-likeness (QED) is 0.703. The number of aromatic nitrogens is 1. The Hall–Kier alpha value is -2.63. The van der Waals surface area contributed by atoms with Gasteiger partial charge in [0.25, 0.3) is 5.91 Å². The molecule has 0 bridgehead atoms. The Balaban J connectivity index is 1.70. The minimum Gasteiger partial charge on any atom is -0.440 e. The van der Waals surface area contributed by atoms with Crippen molar-refractivity contribution in [3.8, 4) is 11.5 Å². The average molecular weight is 383 g/mol. The van der Waals surface area contributed by atoms with E-state index < -0.39 is 0 Å². The molecule has 0 unspecified atom stereocenters. The van der Waals surface area contributed by atoms with E-state index in [1.807, 2.05) is 35.2 Å². The molecule has 1 saturated heterocycles. The second-order valence-electron chi connectivity index (χ2n) is 7.30. The van der Waals surface area contributed by atoms with Gasteiger partial charge in [-0.3, -0.25) is 9.59 Å². The van der Waals surface area contributed by atoms with Gasteiger partial charge in [0.2, 0.25) is 11.8 Å². The first-order chi connectivity index (χ1) is 13.6. The van der Waals surface area contributed by atoms with Crippen molar-refractivity contribution in [2.24, 2.45) is 0 Å². The highest BCUT2D eigenvalue weighted by Gasteiger charge is 2.26. The standard InChI is InChI=1S/C22H29N3O3/c1-17(26)23-14-8-3-7-13-19-20(22(27)25-15-9-4-10-16-25)24-21(28-19)18-11-5-2-6-12-18/h2,5-6,11-12H,3-4,7-10,13-16H2,1H3,(H,23,26). The third-order valence-electron chi connectivity index (χ3n) is 5.02. The Morgan fingerprint density at radius 3 is 2.54 bits per heavy atom. The SMILES string of the molecule is CC(=O)NCCCCCc1oc(-c2ccccc2)nc1C(=O)N1CCCCC1. The number of nitrogens with one attached hydrogen (secondary N) is 1. The number of unbranched alkanes of at least 4 members (excludes halogenated alkanes) is 2. The van der Waals surface area contributed by atoms with Crippen LogP contribution in [0.25, 0.3) is 11.5 Å². The monoisotopic (exact) mass is 383 g/mol. The summed E-state index contributed by atoms with van der Waals surface area (Å²) in [4.78, 5) is 30.4. The van der Waals surface area contributed by atoms with Gasteiger partial charge in [0.05, 0.1) is 0 Å². The van der Waals surface area contributed by atoms with E-state index in [0.29, 0.717) is 30.3 Å². The second kappa shape index (κ2) is 10.1. The van der Waals surface area contributed by atoms with Gasteiger partial charge >= 0.3 is 0 Å². The number of benzene rings is 1. The zero-order chi connectivity index (χ0) is 19.8. The predicted molar refractivity (Wildman–Crippen MR) is 108 cm³/mol. The Kier molecular flexibility index (Phi) is 7.23. The van der Waals surface area contributed by atoms with Gasteiger partial charge in [0.1, 0.15) is 5.76 Å². The number of carbonyl (C=O) groups is 2. The number of piperidine rings is 1. The summed E-state index contributed by atoms with van der Waals surface area (Å²) < 4.78 is 6.03. The van der Waals surface area contributed by atoms with Crippen LogP contribution in [0.5, 0.6) is 0 Å². The number of hydrogen-bond acceptors (Lipinski definition) is 4. The number of hydrogen-bond donors (Lipinski definition) is 1. The molecule has 0 spiro atoms. The summed E-state index contributed by atoms with van der Waals surface area (Å²) in [5.74, 6) is 1.17. The van der Waals surface area contributed by atoms with Crippen LogP contribution in [-0.2, 0) is 11.2 Å². The normalized spacial score (nSPS) is 14.1. The average Bonchev–Trinajstić information content (AvgIpc) is 3.15. The van der Waals surface area contributed by atoms with Crippen molar-refractivity contribution in [3.05, 3.63) is 41.8 Å². The van der Waals surface area contributed by atoms with Gasteiger partial charge in [-0.15, -0.1) is 0 Å². The van der Waals surface area contributed by atoms with Gasteiger partial charge in [-0.05, 0) is 44.2 Å². The molecule has 1 aliphatic heterocycles. The largest absolute Gasteiger partial charge is 0.440 e. The summed E-state index contributed by atoms with van der Waals surface area (Å²) >= 11 is 0. The number of aryl methyl sites for hydroxylation is 1. The van der Waals surface area contributed by atoms with Gasteiger partial charge in [-0.1, -0.05) is 24.6 Å². The molecule has 0 radical (unpaired) electrons. The van der Waals surface area contributed by atoms with Crippen molar-refractivity contribution >= 4 is 11.8 Å². The second-order valence-corrected chi connectivity index (χ2v) is 7.30. The maximum atomic E-state index is 13.0. The first-order valence-corrected chi connectivity index (χ1v) is 10.2. The summed E-state index contributed by atoms with van der Waals surface area (Å²) in [7, 11) is 0. The smallest absolute Gasteiger partial charge is 0.276 e. The molecular formula is C22H29N3O3. The van der Waals surface area contributed by atoms with E-state index in [0.717, 1.165) is 50.8 Å². The molecule has 150 valence electrons. The molecule has 0 atom stereocenters. The lowest BCUT2D eigenvalue weighted by molar-refractivity contribution is -0.118. The first kappa shape index (κ1) is 20.1. The number of rotatable bonds is 8. The van der Waals surface area contributed by atoms with Crippen LogP contribution in [0.15, 0.2) is 34.7 Å². The highest BCUT2D eigenvalue weighted by atomic mass is 16.4. The van der Waals surface area contributed by atoms with E-state index >= 15 is 0 Å². The number of amides is 2. The van der Waals surface area contributed by atoms with Gasteiger partial charge in [0.15, 0.2) is 5.69 Å². The van der Waals surface area contributed by atoms with Crippen LogP contribution in [-0.4, -0.2) is 41.3 Å². The molecular weight excluding hydrogens is 354 g/mol. The summed E-state index contributed by atoms with van der Waals surface area (Å²) in [6.45, 7) is 3.80. The molecule has 28 heavy (non-hydrogen) atoms. The maximum Gasteiger partial charge on any atom is 0.276 e. The fourth-order valence-electron chi connectivity index (χ4n) is 3.49. The molecule has 3 rings (SSSR count). The molecule has 6 nitrogen and oxygen atoms in total. The Labute approximate surface area is 166 Å². The molecule has 2 heterocycles. The Bertz CT molecular complexity index is 780. The zero-order valence-corrected chi connectivity index (χ0v) is 16.6. The lowest BCUT2D eigenvalue weighted by Crippen LogP contribution is -2.36. The third-order valence-corrected chi connectivity index (χ3v) is 5.02. The molecule has 1 fully saturated rings. The molecule has 2 aromatic rings. The van der Waals surface area contributed by atoms with Crippen LogP contribution < -0.4 is 5.32 Å². The number of nitrogens with zero attached hydrogens (tertiary/aromatic N) is 2. The van der Waals surface area contributed by atoms with E-state index in [2.05, 4.69) is 10.3 Å². The fraction of sp³-hybridized carbons (Fsp3) is 0.500. The van der Waals surface area contributed by atoms with Gasteiger partial charge in [-0.25, -0.2) is 4.98 Å². The topological polar surface area (TPSA) is 75.4 Å². The minimum atomic E-state index is -0.0149. The highest BCUT2D eigenvalue weighted by molar-refractivity contribution is 5.93. The third kappa shape index (κ3) is 5.44. The van der Waals surface area contributed by atoms with Crippen molar-refractivity contribution in [1.82, 2.24) is 15.2 Å².